The molecule has 1 saturated heterocycles. The number of hydrogen-bond acceptors (Lipinski definition) is 2. The summed E-state index contributed by atoms with van der Waals surface area (Å²) >= 11 is 3.28. The molecule has 2 atom stereocenters. The zero-order valence-corrected chi connectivity index (χ0v) is 13.0. The molecule has 0 aliphatic carbocycles. The molecule has 1 aliphatic rings. The first-order valence-corrected chi connectivity index (χ1v) is 7.27. The quantitative estimate of drug-likeness (QED) is 0.867. The van der Waals surface area contributed by atoms with Crippen molar-refractivity contribution < 1.29 is 14.7 Å². The van der Waals surface area contributed by atoms with Crippen LogP contribution in [0, 0.1) is 11.8 Å². The maximum atomic E-state index is 12.2. The van der Waals surface area contributed by atoms with Crippen molar-refractivity contribution in [1.29, 1.82) is 0 Å². The van der Waals surface area contributed by atoms with Gasteiger partial charge in [-0.2, -0.15) is 0 Å². The summed E-state index contributed by atoms with van der Waals surface area (Å²) in [5.41, 5.74) is 0.380. The number of aromatic carboxylic acids is 1. The summed E-state index contributed by atoms with van der Waals surface area (Å²) in [6.45, 7) is 5.61. The van der Waals surface area contributed by atoms with Gasteiger partial charge < -0.3 is 15.3 Å². The lowest BCUT2D eigenvalue weighted by Crippen LogP contribution is -2.33. The van der Waals surface area contributed by atoms with Gasteiger partial charge in [-0.25, -0.2) is 9.59 Å². The predicted octanol–water partition coefficient (Wildman–Crippen LogP) is 3.27. The van der Waals surface area contributed by atoms with Crippen LogP contribution in [0.4, 0.5) is 10.5 Å². The number of nitrogens with zero attached hydrogens (tertiary/aromatic N) is 1. The molecule has 0 spiro atoms. The van der Waals surface area contributed by atoms with Crippen LogP contribution in [-0.4, -0.2) is 35.1 Å². The molecule has 0 radical (unpaired) electrons. The van der Waals surface area contributed by atoms with E-state index in [0.29, 0.717) is 35.1 Å². The number of hydrogen-bond donors (Lipinski definition) is 2. The summed E-state index contributed by atoms with van der Waals surface area (Å²) in [6.07, 6.45) is 0. The molecule has 6 heteroatoms. The van der Waals surface area contributed by atoms with Crippen LogP contribution in [0.2, 0.25) is 0 Å². The second-order valence-corrected chi connectivity index (χ2v) is 6.11. The Labute approximate surface area is 126 Å². The van der Waals surface area contributed by atoms with Crippen molar-refractivity contribution in [3.8, 4) is 0 Å². The monoisotopic (exact) mass is 340 g/mol. The van der Waals surface area contributed by atoms with Gasteiger partial charge in [0.1, 0.15) is 0 Å². The molecule has 108 valence electrons. The summed E-state index contributed by atoms with van der Waals surface area (Å²) in [7, 11) is 0. The lowest BCUT2D eigenvalue weighted by atomic mass is 10.0. The third kappa shape index (κ3) is 2.95. The summed E-state index contributed by atoms with van der Waals surface area (Å²) in [6, 6.07) is 4.55. The number of nitrogens with one attached hydrogen (secondary N) is 1. The highest BCUT2D eigenvalue weighted by Gasteiger charge is 2.30. The summed E-state index contributed by atoms with van der Waals surface area (Å²) in [5, 5.41) is 11.9. The topological polar surface area (TPSA) is 69.6 Å². The predicted molar refractivity (Wildman–Crippen MR) is 80.0 cm³/mol. The van der Waals surface area contributed by atoms with E-state index in [2.05, 4.69) is 35.1 Å². The zero-order valence-electron chi connectivity index (χ0n) is 11.4. The molecule has 5 nitrogen and oxygen atoms in total. The van der Waals surface area contributed by atoms with Crippen LogP contribution in [0.3, 0.4) is 0 Å². The fourth-order valence-corrected chi connectivity index (χ4v) is 2.78. The molecule has 0 bridgehead atoms. The van der Waals surface area contributed by atoms with Gasteiger partial charge in [-0.05, 0) is 39.9 Å². The number of carboxylic acids is 1. The Morgan fingerprint density at radius 1 is 1.30 bits per heavy atom. The van der Waals surface area contributed by atoms with Crippen molar-refractivity contribution >= 4 is 33.6 Å². The Balaban J connectivity index is 2.18. The Bertz CT molecular complexity index is 537. The lowest BCUT2D eigenvalue weighted by Gasteiger charge is -2.18. The highest BCUT2D eigenvalue weighted by Crippen LogP contribution is 2.28. The maximum absolute atomic E-state index is 12.2. The van der Waals surface area contributed by atoms with Crippen LogP contribution >= 0.6 is 15.9 Å². The van der Waals surface area contributed by atoms with E-state index in [1.807, 2.05) is 0 Å². The number of carbonyl (C=O) groups is 2. The van der Waals surface area contributed by atoms with E-state index < -0.39 is 5.97 Å². The van der Waals surface area contributed by atoms with Crippen molar-refractivity contribution in [2.24, 2.45) is 11.8 Å². The van der Waals surface area contributed by atoms with Gasteiger partial charge in [0.15, 0.2) is 0 Å². The van der Waals surface area contributed by atoms with Crippen LogP contribution in [0.15, 0.2) is 22.7 Å². The molecule has 1 aromatic rings. The van der Waals surface area contributed by atoms with Gasteiger partial charge in [-0.1, -0.05) is 19.9 Å². The standard InChI is InChI=1S/C14H17BrN2O3/c1-8-6-17(7-9(8)2)14(20)16-12-10(13(18)19)4-3-5-11(12)15/h3-5,8-9H,6-7H2,1-2H3,(H,16,20)(H,18,19). The molecule has 2 amide bonds. The SMILES string of the molecule is CC1CN(C(=O)Nc2c(Br)cccc2C(=O)O)CC1C. The average Bonchev–Trinajstić information content (AvgIpc) is 2.72. The number of rotatable bonds is 2. The number of benzene rings is 1. The largest absolute Gasteiger partial charge is 0.478 e. The molecule has 2 rings (SSSR count). The van der Waals surface area contributed by atoms with Crippen LogP contribution in [0.5, 0.6) is 0 Å². The van der Waals surface area contributed by atoms with Crippen molar-refractivity contribution in [1.82, 2.24) is 4.90 Å². The maximum Gasteiger partial charge on any atom is 0.337 e. The lowest BCUT2D eigenvalue weighted by molar-refractivity contribution is 0.0698. The number of anilines is 1. The van der Waals surface area contributed by atoms with Gasteiger partial charge in [0.05, 0.1) is 11.3 Å². The van der Waals surface area contributed by atoms with Crippen LogP contribution < -0.4 is 5.32 Å². The first-order valence-electron chi connectivity index (χ1n) is 6.48. The number of para-hydroxylation sites is 1. The number of carboxylic acid groups (broad SMARTS) is 1. The fourth-order valence-electron chi connectivity index (χ4n) is 2.31. The number of amides is 2. The van der Waals surface area contributed by atoms with E-state index in [1.165, 1.54) is 6.07 Å². The van der Waals surface area contributed by atoms with E-state index in [-0.39, 0.29) is 11.6 Å². The van der Waals surface area contributed by atoms with Gasteiger partial charge in [0.25, 0.3) is 0 Å². The van der Waals surface area contributed by atoms with E-state index >= 15 is 0 Å². The minimum Gasteiger partial charge on any atom is -0.478 e. The number of carbonyl (C=O) groups excluding carboxylic acids is 1. The van der Waals surface area contributed by atoms with Gasteiger partial charge in [0, 0.05) is 17.6 Å². The second kappa shape index (κ2) is 5.83. The van der Waals surface area contributed by atoms with Crippen molar-refractivity contribution in [3.05, 3.63) is 28.2 Å². The smallest absolute Gasteiger partial charge is 0.337 e. The van der Waals surface area contributed by atoms with Crippen molar-refractivity contribution in [2.45, 2.75) is 13.8 Å². The second-order valence-electron chi connectivity index (χ2n) is 5.26. The Morgan fingerprint density at radius 2 is 1.90 bits per heavy atom. The zero-order chi connectivity index (χ0) is 14.9. The van der Waals surface area contributed by atoms with E-state index in [0.717, 1.165) is 0 Å². The molecule has 1 heterocycles. The molecular weight excluding hydrogens is 324 g/mol. The number of urea groups is 1. The van der Waals surface area contributed by atoms with Gasteiger partial charge in [-0.3, -0.25) is 0 Å². The highest BCUT2D eigenvalue weighted by molar-refractivity contribution is 9.10. The summed E-state index contributed by atoms with van der Waals surface area (Å²) in [5.74, 6) is -0.150. The molecule has 20 heavy (non-hydrogen) atoms. The van der Waals surface area contributed by atoms with E-state index in [4.69, 9.17) is 5.11 Å². The molecule has 1 aromatic carbocycles. The molecule has 0 aromatic heterocycles. The van der Waals surface area contributed by atoms with Crippen molar-refractivity contribution in [3.63, 3.8) is 0 Å². The Hall–Kier alpha value is -1.56. The first-order chi connectivity index (χ1) is 9.40. The average molecular weight is 341 g/mol. The van der Waals surface area contributed by atoms with Crippen LogP contribution in [0.25, 0.3) is 0 Å². The Kier molecular flexibility index (Phi) is 4.32. The van der Waals surface area contributed by atoms with Gasteiger partial charge in [-0.15, -0.1) is 0 Å². The molecular formula is C14H17BrN2O3. The number of halogens is 1. The minimum atomic E-state index is -1.07. The first kappa shape index (κ1) is 14.8. The van der Waals surface area contributed by atoms with Gasteiger partial charge >= 0.3 is 12.0 Å². The molecule has 2 N–H and O–H groups in total. The van der Waals surface area contributed by atoms with Crippen LogP contribution in [-0.2, 0) is 0 Å². The molecule has 1 aliphatic heterocycles. The molecule has 0 saturated carbocycles. The third-order valence-corrected chi connectivity index (χ3v) is 4.41. The minimum absolute atomic E-state index is 0.0769. The Morgan fingerprint density at radius 3 is 2.45 bits per heavy atom. The molecule has 1 fully saturated rings. The van der Waals surface area contributed by atoms with Crippen molar-refractivity contribution in [2.75, 3.05) is 18.4 Å². The van der Waals surface area contributed by atoms with Gasteiger partial charge in [0.2, 0.25) is 0 Å². The van der Waals surface area contributed by atoms with E-state index in [1.54, 1.807) is 17.0 Å². The van der Waals surface area contributed by atoms with Crippen LogP contribution in [0.1, 0.15) is 24.2 Å². The third-order valence-electron chi connectivity index (χ3n) is 3.75. The summed E-state index contributed by atoms with van der Waals surface area (Å²) in [4.78, 5) is 25.2. The van der Waals surface area contributed by atoms with E-state index in [9.17, 15) is 9.59 Å². The fraction of sp³-hybridized carbons (Fsp3) is 0.429. The summed E-state index contributed by atoms with van der Waals surface area (Å²) < 4.78 is 0.561. The number of likely N-dealkylation sites (tertiary alicyclic amines) is 1. The normalized spacial score (nSPS) is 21.9. The highest BCUT2D eigenvalue weighted by atomic mass is 79.9. The molecule has 2 unspecified atom stereocenters.